The minimum atomic E-state index is -3.85. The Bertz CT molecular complexity index is 1140. The van der Waals surface area contributed by atoms with Crippen molar-refractivity contribution in [2.45, 2.75) is 51.1 Å². The van der Waals surface area contributed by atoms with E-state index in [0.29, 0.717) is 16.3 Å². The monoisotopic (exact) mass is 448 g/mol. The van der Waals surface area contributed by atoms with E-state index in [-0.39, 0.29) is 6.42 Å². The summed E-state index contributed by atoms with van der Waals surface area (Å²) in [7, 11) is -0.684. The van der Waals surface area contributed by atoms with E-state index < -0.39 is 28.2 Å². The summed E-state index contributed by atoms with van der Waals surface area (Å²) < 4.78 is 30.7. The van der Waals surface area contributed by atoms with Gasteiger partial charge in [0.2, 0.25) is 5.91 Å². The van der Waals surface area contributed by atoms with Crippen molar-refractivity contribution in [1.29, 1.82) is 5.26 Å². The zero-order chi connectivity index (χ0) is 21.6. The number of hydrogen-bond donors (Lipinski definition) is 2. The van der Waals surface area contributed by atoms with Crippen LogP contribution in [0.25, 0.3) is 0 Å². The Morgan fingerprint density at radius 3 is 2.77 bits per heavy atom. The summed E-state index contributed by atoms with van der Waals surface area (Å²) in [6.07, 6.45) is 5.90. The summed E-state index contributed by atoms with van der Waals surface area (Å²) in [5, 5.41) is 17.3. The number of anilines is 1. The fourth-order valence-electron chi connectivity index (χ4n) is 4.24. The molecule has 9 nitrogen and oxygen atoms in total. The lowest BCUT2D eigenvalue weighted by Crippen LogP contribution is -2.56. The molecule has 1 aliphatic heterocycles. The minimum absolute atomic E-state index is 0.265. The van der Waals surface area contributed by atoms with Gasteiger partial charge < -0.3 is 5.32 Å². The number of aromatic nitrogens is 2. The molecule has 3 heterocycles. The zero-order valence-corrected chi connectivity index (χ0v) is 18.7. The molecule has 2 atom stereocenters. The summed E-state index contributed by atoms with van der Waals surface area (Å²) in [5.41, 5.74) is 3.00. The summed E-state index contributed by atoms with van der Waals surface area (Å²) in [4.78, 5) is 14.3. The van der Waals surface area contributed by atoms with Crippen molar-refractivity contribution in [3.05, 3.63) is 33.5 Å². The van der Waals surface area contributed by atoms with Gasteiger partial charge in [-0.15, -0.1) is 11.3 Å². The molecule has 2 aromatic heterocycles. The second-order valence-electron chi connectivity index (χ2n) is 7.80. The van der Waals surface area contributed by atoms with E-state index in [0.717, 1.165) is 46.0 Å². The van der Waals surface area contributed by atoms with E-state index in [1.54, 1.807) is 17.9 Å². The van der Waals surface area contributed by atoms with Gasteiger partial charge in [-0.25, -0.2) is 0 Å². The van der Waals surface area contributed by atoms with Crippen LogP contribution < -0.4 is 10.0 Å². The second kappa shape index (κ2) is 7.77. The summed E-state index contributed by atoms with van der Waals surface area (Å²) >= 11 is 1.43. The highest BCUT2D eigenvalue weighted by Gasteiger charge is 2.41. The molecule has 0 aromatic carbocycles. The Hall–Kier alpha value is -2.26. The van der Waals surface area contributed by atoms with E-state index in [1.165, 1.54) is 18.4 Å². The van der Waals surface area contributed by atoms with Gasteiger partial charge in [-0.1, -0.05) is 0 Å². The number of fused-ring (bicyclic) bond motifs is 1. The number of rotatable bonds is 3. The number of carbonyl (C=O) groups is 1. The molecular weight excluding hydrogens is 424 g/mol. The average molecular weight is 449 g/mol. The van der Waals surface area contributed by atoms with Gasteiger partial charge in [0.05, 0.1) is 17.3 Å². The third-order valence-electron chi connectivity index (χ3n) is 5.82. The lowest BCUT2D eigenvalue weighted by Gasteiger charge is -2.35. The fraction of sp³-hybridized carbons (Fsp3) is 0.526. The van der Waals surface area contributed by atoms with Crippen LogP contribution in [-0.4, -0.2) is 41.5 Å². The average Bonchev–Trinajstić information content (AvgIpc) is 3.21. The number of nitriles is 1. The molecule has 0 saturated carbocycles. The first-order valence-electron chi connectivity index (χ1n) is 9.82. The highest BCUT2D eigenvalue weighted by Crippen LogP contribution is 2.38. The molecule has 2 aromatic rings. The first-order valence-corrected chi connectivity index (χ1v) is 12.1. The van der Waals surface area contributed by atoms with Crippen LogP contribution in [-0.2, 0) is 34.9 Å². The summed E-state index contributed by atoms with van der Waals surface area (Å²) in [6.45, 7) is 1.81. The quantitative estimate of drug-likeness (QED) is 0.741. The van der Waals surface area contributed by atoms with Gasteiger partial charge in [-0.05, 0) is 44.6 Å². The Morgan fingerprint density at radius 1 is 1.37 bits per heavy atom. The second-order valence-corrected chi connectivity index (χ2v) is 10.7. The third kappa shape index (κ3) is 3.65. The van der Waals surface area contributed by atoms with Crippen molar-refractivity contribution in [3.63, 3.8) is 0 Å². The number of carbonyl (C=O) groups excluding carboxylic acids is 1. The number of nitrogens with one attached hydrogen (secondary N) is 2. The Morgan fingerprint density at radius 2 is 2.10 bits per heavy atom. The predicted octanol–water partition coefficient (Wildman–Crippen LogP) is 1.76. The lowest BCUT2D eigenvalue weighted by atomic mass is 9.96. The lowest BCUT2D eigenvalue weighted by molar-refractivity contribution is -0.120. The third-order valence-corrected chi connectivity index (χ3v) is 8.62. The van der Waals surface area contributed by atoms with Gasteiger partial charge in [0.15, 0.2) is 0 Å². The summed E-state index contributed by atoms with van der Waals surface area (Å²) in [5.74, 6) is -0.427. The number of aryl methyl sites for hydroxylation is 3. The maximum Gasteiger partial charge on any atom is 0.280 e. The fourth-order valence-corrected chi connectivity index (χ4v) is 6.75. The molecule has 11 heteroatoms. The molecule has 1 saturated heterocycles. The Balaban J connectivity index is 1.62. The van der Waals surface area contributed by atoms with Gasteiger partial charge in [-0.2, -0.15) is 27.8 Å². The SMILES string of the molecule is Cc1nn(C)cc1[C@H]1C[C@H](C(=O)Nc2sc3c(c2C#N)CCCC3)N(C)S(=O)(=O)N1. The van der Waals surface area contributed by atoms with Gasteiger partial charge >= 0.3 is 0 Å². The van der Waals surface area contributed by atoms with Gasteiger partial charge in [0, 0.05) is 30.7 Å². The maximum absolute atomic E-state index is 13.1. The topological polar surface area (TPSA) is 120 Å². The van der Waals surface area contributed by atoms with Crippen molar-refractivity contribution >= 4 is 32.5 Å². The van der Waals surface area contributed by atoms with Gasteiger partial charge in [0.25, 0.3) is 10.2 Å². The van der Waals surface area contributed by atoms with E-state index in [4.69, 9.17) is 0 Å². The first kappa shape index (κ1) is 21.0. The number of thiophene rings is 1. The van der Waals surface area contributed by atoms with E-state index in [9.17, 15) is 18.5 Å². The van der Waals surface area contributed by atoms with E-state index in [2.05, 4.69) is 21.2 Å². The van der Waals surface area contributed by atoms with Crippen LogP contribution in [0.3, 0.4) is 0 Å². The number of nitrogens with zero attached hydrogens (tertiary/aromatic N) is 4. The zero-order valence-electron chi connectivity index (χ0n) is 17.1. The minimum Gasteiger partial charge on any atom is -0.315 e. The van der Waals surface area contributed by atoms with Crippen LogP contribution in [0.2, 0.25) is 0 Å². The predicted molar refractivity (Wildman–Crippen MR) is 113 cm³/mol. The maximum atomic E-state index is 13.1. The van der Waals surface area contributed by atoms with Crippen LogP contribution in [0.1, 0.15) is 52.6 Å². The van der Waals surface area contributed by atoms with Gasteiger partial charge in [-0.3, -0.25) is 9.48 Å². The van der Waals surface area contributed by atoms with Crippen molar-refractivity contribution < 1.29 is 13.2 Å². The molecule has 0 radical (unpaired) electrons. The highest BCUT2D eigenvalue weighted by molar-refractivity contribution is 7.87. The number of likely N-dealkylation sites (N-methyl/N-ethyl adjacent to an activating group) is 1. The normalized spacial score (nSPS) is 23.5. The largest absolute Gasteiger partial charge is 0.315 e. The number of hydrogen-bond acceptors (Lipinski definition) is 6. The Labute approximate surface area is 179 Å². The van der Waals surface area contributed by atoms with Crippen molar-refractivity contribution in [2.75, 3.05) is 12.4 Å². The van der Waals surface area contributed by atoms with Crippen molar-refractivity contribution in [3.8, 4) is 6.07 Å². The van der Waals surface area contributed by atoms with Gasteiger partial charge in [0.1, 0.15) is 17.1 Å². The van der Waals surface area contributed by atoms with Crippen LogP contribution in [0.5, 0.6) is 0 Å². The highest BCUT2D eigenvalue weighted by atomic mass is 32.2. The summed E-state index contributed by atoms with van der Waals surface area (Å²) in [6, 6.07) is 0.775. The Kier molecular flexibility index (Phi) is 5.44. The molecule has 2 N–H and O–H groups in total. The molecule has 1 fully saturated rings. The molecule has 1 amide bonds. The first-order chi connectivity index (χ1) is 14.2. The molecule has 1 aliphatic carbocycles. The molecule has 2 aliphatic rings. The molecule has 0 bridgehead atoms. The molecule has 4 rings (SSSR count). The van der Waals surface area contributed by atoms with Crippen LogP contribution in [0.15, 0.2) is 6.20 Å². The van der Waals surface area contributed by atoms with Crippen LogP contribution in [0, 0.1) is 18.3 Å². The molecule has 0 unspecified atom stereocenters. The van der Waals surface area contributed by atoms with Crippen molar-refractivity contribution in [1.82, 2.24) is 18.8 Å². The van der Waals surface area contributed by atoms with E-state index in [1.807, 2.05) is 6.92 Å². The van der Waals surface area contributed by atoms with Crippen LogP contribution >= 0.6 is 11.3 Å². The van der Waals surface area contributed by atoms with Crippen molar-refractivity contribution in [2.24, 2.45) is 7.05 Å². The smallest absolute Gasteiger partial charge is 0.280 e. The standard InChI is InChI=1S/C19H24N6O3S2/c1-11-14(10-24(2)22-11)15-8-16(25(3)30(27,28)23-15)18(26)21-19-13(9-20)12-6-4-5-7-17(12)29-19/h10,15-16,23H,4-8H2,1-3H3,(H,21,26)/t15-,16-/m1/s1. The molecule has 0 spiro atoms. The number of amides is 1. The van der Waals surface area contributed by atoms with Crippen LogP contribution in [0.4, 0.5) is 5.00 Å². The van der Waals surface area contributed by atoms with E-state index >= 15 is 0 Å². The molecule has 160 valence electrons. The molecular formula is C19H24N6O3S2. The molecule has 30 heavy (non-hydrogen) atoms.